The maximum Gasteiger partial charge on any atom is 0.0617 e. The van der Waals surface area contributed by atoms with E-state index in [-0.39, 0.29) is 0 Å². The maximum atomic E-state index is 5.98. The Morgan fingerprint density at radius 2 is 2.07 bits per heavy atom. The lowest BCUT2D eigenvalue weighted by Crippen LogP contribution is -2.32. The average molecular weight is 227 g/mol. The van der Waals surface area contributed by atoms with Gasteiger partial charge in [0.25, 0.3) is 0 Å². The topological polar surface area (TPSA) is 29.3 Å². The van der Waals surface area contributed by atoms with Gasteiger partial charge in [0.1, 0.15) is 0 Å². The van der Waals surface area contributed by atoms with Gasteiger partial charge in [0.2, 0.25) is 0 Å². The number of rotatable bonds is 4. The zero-order chi connectivity index (χ0) is 11.4. The average Bonchev–Trinajstić information content (AvgIpc) is 2.18. The van der Waals surface area contributed by atoms with Crippen molar-refractivity contribution in [2.75, 3.05) is 17.2 Å². The van der Waals surface area contributed by atoms with Gasteiger partial charge in [-0.1, -0.05) is 18.5 Å². The molecule has 2 N–H and O–H groups in total. The van der Waals surface area contributed by atoms with Crippen molar-refractivity contribution in [1.29, 1.82) is 0 Å². The van der Waals surface area contributed by atoms with E-state index in [1.165, 1.54) is 0 Å². The molecule has 0 atom stereocenters. The Morgan fingerprint density at radius 3 is 2.60 bits per heavy atom. The quantitative estimate of drug-likeness (QED) is 0.796. The second-order valence-corrected chi connectivity index (χ2v) is 4.43. The summed E-state index contributed by atoms with van der Waals surface area (Å²) in [6.07, 6.45) is 1.10. The molecule has 1 aromatic carbocycles. The van der Waals surface area contributed by atoms with Crippen molar-refractivity contribution in [3.8, 4) is 0 Å². The minimum absolute atomic E-state index is 0.436. The summed E-state index contributed by atoms with van der Waals surface area (Å²) in [6, 6.07) is 6.06. The van der Waals surface area contributed by atoms with Gasteiger partial charge in [-0.3, -0.25) is 0 Å². The van der Waals surface area contributed by atoms with E-state index in [4.69, 9.17) is 17.3 Å². The van der Waals surface area contributed by atoms with Crippen molar-refractivity contribution in [2.24, 2.45) is 0 Å². The summed E-state index contributed by atoms with van der Waals surface area (Å²) < 4.78 is 0. The largest absolute Gasteiger partial charge is 0.397 e. The minimum atomic E-state index is 0.436. The van der Waals surface area contributed by atoms with E-state index in [0.29, 0.717) is 6.04 Å². The monoisotopic (exact) mass is 226 g/mol. The third-order valence-corrected chi connectivity index (χ3v) is 2.62. The van der Waals surface area contributed by atoms with Crippen LogP contribution < -0.4 is 10.6 Å². The van der Waals surface area contributed by atoms with Crippen LogP contribution in [0.25, 0.3) is 0 Å². The zero-order valence-electron chi connectivity index (χ0n) is 9.63. The van der Waals surface area contributed by atoms with Crippen LogP contribution >= 0.6 is 11.6 Å². The molecule has 0 bridgehead atoms. The van der Waals surface area contributed by atoms with Crippen LogP contribution in [-0.2, 0) is 0 Å². The second kappa shape index (κ2) is 5.26. The lowest BCUT2D eigenvalue weighted by Gasteiger charge is -2.29. The number of nitrogens with zero attached hydrogens (tertiary/aromatic N) is 1. The standard InChI is InChI=1S/C12H19ClN2/c1-4-7-15(9(2)3)12-8-10(13)5-6-11(12)14/h5-6,8-9H,4,7,14H2,1-3H3. The normalized spacial score (nSPS) is 10.7. The molecule has 0 unspecified atom stereocenters. The number of anilines is 2. The molecule has 3 heteroatoms. The first-order valence-electron chi connectivity index (χ1n) is 5.38. The Morgan fingerprint density at radius 1 is 1.40 bits per heavy atom. The van der Waals surface area contributed by atoms with Crippen molar-refractivity contribution in [1.82, 2.24) is 0 Å². The molecule has 0 fully saturated rings. The van der Waals surface area contributed by atoms with E-state index >= 15 is 0 Å². The van der Waals surface area contributed by atoms with Crippen molar-refractivity contribution < 1.29 is 0 Å². The highest BCUT2D eigenvalue weighted by Gasteiger charge is 2.12. The van der Waals surface area contributed by atoms with Gasteiger partial charge in [0, 0.05) is 17.6 Å². The van der Waals surface area contributed by atoms with Crippen LogP contribution in [0.5, 0.6) is 0 Å². The first kappa shape index (κ1) is 12.2. The van der Waals surface area contributed by atoms with Gasteiger partial charge in [-0.2, -0.15) is 0 Å². The minimum Gasteiger partial charge on any atom is -0.397 e. The molecule has 0 saturated heterocycles. The van der Waals surface area contributed by atoms with Crippen LogP contribution in [0.15, 0.2) is 18.2 Å². The number of nitrogens with two attached hydrogens (primary N) is 1. The van der Waals surface area contributed by atoms with Crippen LogP contribution in [0.2, 0.25) is 5.02 Å². The van der Waals surface area contributed by atoms with E-state index < -0.39 is 0 Å². The number of benzene rings is 1. The number of halogens is 1. The summed E-state index contributed by atoms with van der Waals surface area (Å²) in [7, 11) is 0. The summed E-state index contributed by atoms with van der Waals surface area (Å²) >= 11 is 5.98. The van der Waals surface area contributed by atoms with E-state index in [1.54, 1.807) is 0 Å². The highest BCUT2D eigenvalue weighted by atomic mass is 35.5. The van der Waals surface area contributed by atoms with Crippen LogP contribution in [0.4, 0.5) is 11.4 Å². The third kappa shape index (κ3) is 3.03. The first-order chi connectivity index (χ1) is 7.06. The van der Waals surface area contributed by atoms with Gasteiger partial charge in [0.15, 0.2) is 0 Å². The van der Waals surface area contributed by atoms with Crippen molar-refractivity contribution in [3.05, 3.63) is 23.2 Å². The lowest BCUT2D eigenvalue weighted by molar-refractivity contribution is 0.672. The van der Waals surface area contributed by atoms with Crippen molar-refractivity contribution in [2.45, 2.75) is 33.2 Å². The van der Waals surface area contributed by atoms with Crippen LogP contribution in [0.1, 0.15) is 27.2 Å². The van der Waals surface area contributed by atoms with Gasteiger partial charge in [-0.15, -0.1) is 0 Å². The molecular weight excluding hydrogens is 208 g/mol. The summed E-state index contributed by atoms with van der Waals surface area (Å²) in [5.41, 5.74) is 7.79. The van der Waals surface area contributed by atoms with E-state index in [9.17, 15) is 0 Å². The summed E-state index contributed by atoms with van der Waals surface area (Å²) in [5.74, 6) is 0. The molecular formula is C12H19ClN2. The molecule has 15 heavy (non-hydrogen) atoms. The highest BCUT2D eigenvalue weighted by Crippen LogP contribution is 2.28. The molecule has 2 nitrogen and oxygen atoms in total. The van der Waals surface area contributed by atoms with Gasteiger partial charge in [0.05, 0.1) is 11.4 Å². The van der Waals surface area contributed by atoms with Crippen LogP contribution in [0, 0.1) is 0 Å². The molecule has 1 aromatic rings. The van der Waals surface area contributed by atoms with Crippen molar-refractivity contribution in [3.63, 3.8) is 0 Å². The first-order valence-corrected chi connectivity index (χ1v) is 5.75. The Bertz CT molecular complexity index is 323. The van der Waals surface area contributed by atoms with E-state index in [1.807, 2.05) is 18.2 Å². The SMILES string of the molecule is CCCN(c1cc(Cl)ccc1N)C(C)C. The molecule has 0 aliphatic carbocycles. The fourth-order valence-electron chi connectivity index (χ4n) is 1.66. The summed E-state index contributed by atoms with van der Waals surface area (Å²) in [4.78, 5) is 2.28. The number of hydrogen-bond acceptors (Lipinski definition) is 2. The van der Waals surface area contributed by atoms with E-state index in [2.05, 4.69) is 25.7 Å². The predicted molar refractivity (Wildman–Crippen MR) is 68.6 cm³/mol. The Balaban J connectivity index is 3.04. The van der Waals surface area contributed by atoms with Gasteiger partial charge in [-0.05, 0) is 38.5 Å². The molecule has 0 aliphatic rings. The molecule has 1 rings (SSSR count). The van der Waals surface area contributed by atoms with Gasteiger partial charge in [-0.25, -0.2) is 0 Å². The Kier molecular flexibility index (Phi) is 4.28. The van der Waals surface area contributed by atoms with Crippen molar-refractivity contribution >= 4 is 23.0 Å². The predicted octanol–water partition coefficient (Wildman–Crippen LogP) is 3.55. The van der Waals surface area contributed by atoms with Crippen LogP contribution in [-0.4, -0.2) is 12.6 Å². The molecule has 0 heterocycles. The van der Waals surface area contributed by atoms with Crippen LogP contribution in [0.3, 0.4) is 0 Å². The Labute approximate surface area is 97.0 Å². The molecule has 0 radical (unpaired) electrons. The Hall–Kier alpha value is -0.890. The number of hydrogen-bond donors (Lipinski definition) is 1. The molecule has 0 aliphatic heterocycles. The molecule has 0 aromatic heterocycles. The summed E-state index contributed by atoms with van der Waals surface area (Å²) in [6.45, 7) is 7.49. The maximum absolute atomic E-state index is 5.98. The second-order valence-electron chi connectivity index (χ2n) is 3.99. The zero-order valence-corrected chi connectivity index (χ0v) is 10.4. The molecule has 0 amide bonds. The smallest absolute Gasteiger partial charge is 0.0617 e. The lowest BCUT2D eigenvalue weighted by atomic mass is 10.2. The third-order valence-electron chi connectivity index (χ3n) is 2.39. The molecule has 84 valence electrons. The fraction of sp³-hybridized carbons (Fsp3) is 0.500. The summed E-state index contributed by atoms with van der Waals surface area (Å²) in [5, 5.41) is 0.737. The van der Waals surface area contributed by atoms with Gasteiger partial charge < -0.3 is 10.6 Å². The van der Waals surface area contributed by atoms with E-state index in [0.717, 1.165) is 29.4 Å². The molecule has 0 spiro atoms. The van der Waals surface area contributed by atoms with Gasteiger partial charge >= 0.3 is 0 Å². The molecule has 0 saturated carbocycles. The fourth-order valence-corrected chi connectivity index (χ4v) is 1.83. The highest BCUT2D eigenvalue weighted by molar-refractivity contribution is 6.31. The number of nitrogen functional groups attached to an aromatic ring is 1.